The smallest absolute Gasteiger partial charge is 0.258 e. The van der Waals surface area contributed by atoms with Crippen molar-refractivity contribution in [3.63, 3.8) is 0 Å². The molecule has 4 rings (SSSR count). The summed E-state index contributed by atoms with van der Waals surface area (Å²) in [7, 11) is 0. The third kappa shape index (κ3) is 8.52. The fraction of sp³-hybridized carbons (Fsp3) is 0.571. The van der Waals surface area contributed by atoms with Gasteiger partial charge in [-0.15, -0.1) is 0 Å². The van der Waals surface area contributed by atoms with Crippen molar-refractivity contribution in [1.82, 2.24) is 19.3 Å². The second kappa shape index (κ2) is 15.2. The van der Waals surface area contributed by atoms with Crippen molar-refractivity contribution in [3.8, 4) is 0 Å². The highest BCUT2D eigenvalue weighted by Gasteiger charge is 2.17. The van der Waals surface area contributed by atoms with Gasteiger partial charge in [0.15, 0.2) is 5.65 Å². The van der Waals surface area contributed by atoms with Crippen LogP contribution < -0.4 is 5.56 Å². The summed E-state index contributed by atoms with van der Waals surface area (Å²) in [6, 6.07) is 1.62. The summed E-state index contributed by atoms with van der Waals surface area (Å²) >= 11 is 0. The van der Waals surface area contributed by atoms with Crippen LogP contribution in [0.2, 0.25) is 0 Å². The Bertz CT molecular complexity index is 1280. The van der Waals surface area contributed by atoms with Crippen LogP contribution in [0.3, 0.4) is 0 Å². The Hall–Kier alpha value is -2.95. The van der Waals surface area contributed by atoms with E-state index in [0.717, 1.165) is 48.6 Å². The van der Waals surface area contributed by atoms with E-state index in [-0.39, 0.29) is 5.56 Å². The van der Waals surface area contributed by atoms with Gasteiger partial charge in [0.25, 0.3) is 5.56 Å². The molecule has 0 N–H and O–H groups in total. The molecule has 218 valence electrons. The van der Waals surface area contributed by atoms with Gasteiger partial charge in [0.2, 0.25) is 0 Å². The molecule has 0 bridgehead atoms. The van der Waals surface area contributed by atoms with Crippen LogP contribution >= 0.6 is 0 Å². The number of fused-ring (bicyclic) bond motifs is 1. The number of rotatable bonds is 11. The Morgan fingerprint density at radius 2 is 1.85 bits per heavy atom. The Labute approximate surface area is 242 Å². The van der Waals surface area contributed by atoms with E-state index >= 15 is 0 Å². The molecule has 0 amide bonds. The molecule has 2 aromatic rings. The van der Waals surface area contributed by atoms with E-state index in [4.69, 9.17) is 9.97 Å². The first-order valence-corrected chi connectivity index (χ1v) is 15.6. The summed E-state index contributed by atoms with van der Waals surface area (Å²) in [5.41, 5.74) is 5.19. The van der Waals surface area contributed by atoms with Crippen molar-refractivity contribution in [2.45, 2.75) is 112 Å². The molecule has 0 spiro atoms. The van der Waals surface area contributed by atoms with Gasteiger partial charge in [-0.05, 0) is 56.1 Å². The minimum atomic E-state index is -0.0811. The van der Waals surface area contributed by atoms with Gasteiger partial charge in [0.1, 0.15) is 0 Å². The third-order valence-electron chi connectivity index (χ3n) is 8.82. The lowest BCUT2D eigenvalue weighted by Gasteiger charge is -2.23. The normalized spacial score (nSPS) is 18.1. The van der Waals surface area contributed by atoms with Crippen LogP contribution in [-0.4, -0.2) is 19.3 Å². The zero-order valence-electron chi connectivity index (χ0n) is 26.1. The summed E-state index contributed by atoms with van der Waals surface area (Å²) in [6.07, 6.45) is 22.9. The quantitative estimate of drug-likeness (QED) is 0.283. The molecule has 1 fully saturated rings. The van der Waals surface area contributed by atoms with Gasteiger partial charge < -0.3 is 4.90 Å². The summed E-state index contributed by atoms with van der Waals surface area (Å²) in [4.78, 5) is 24.7. The molecule has 1 aliphatic carbocycles. The number of nitrogens with zero attached hydrogens (tertiary/aromatic N) is 4. The molecule has 2 aliphatic rings. The topological polar surface area (TPSA) is 50.5 Å². The van der Waals surface area contributed by atoms with Crippen molar-refractivity contribution in [2.24, 2.45) is 17.8 Å². The summed E-state index contributed by atoms with van der Waals surface area (Å²) in [5.74, 6) is 2.64. The first-order valence-electron chi connectivity index (χ1n) is 15.6. The van der Waals surface area contributed by atoms with E-state index in [0.29, 0.717) is 29.1 Å². The van der Waals surface area contributed by atoms with E-state index in [2.05, 4.69) is 61.2 Å². The molecule has 0 saturated heterocycles. The Balaban J connectivity index is 0.000000792. The van der Waals surface area contributed by atoms with Crippen LogP contribution in [0.15, 0.2) is 65.7 Å². The van der Waals surface area contributed by atoms with Crippen LogP contribution in [0.4, 0.5) is 0 Å². The fourth-order valence-electron chi connectivity index (χ4n) is 4.97. The molecule has 3 atom stereocenters. The van der Waals surface area contributed by atoms with Crippen molar-refractivity contribution < 1.29 is 0 Å². The highest BCUT2D eigenvalue weighted by atomic mass is 16.1. The second-order valence-corrected chi connectivity index (χ2v) is 12.1. The van der Waals surface area contributed by atoms with Gasteiger partial charge >= 0.3 is 0 Å². The zero-order chi connectivity index (χ0) is 29.2. The standard InChI is InChI=1S/C30H42N4O.C5H10/c1-8-11-25(14-12-21(4)9-2)28-20-34-29(17-31-28)32-27(16-30(34)35)26-15-13-24(7)33(19-26)18-23(6)22(5)10-3;1-5-3-2-4-5/h13,15-22,25H,7-12,14H2,1-6H3;5H,2-4H2,1H3/b23-18-;. The maximum absolute atomic E-state index is 13.1. The molecule has 3 unspecified atom stereocenters. The number of allylic oxidation sites excluding steroid dienone is 4. The Morgan fingerprint density at radius 3 is 2.45 bits per heavy atom. The number of hydrogen-bond acceptors (Lipinski definition) is 4. The predicted molar refractivity (Wildman–Crippen MR) is 170 cm³/mol. The predicted octanol–water partition coefficient (Wildman–Crippen LogP) is 9.28. The van der Waals surface area contributed by atoms with Gasteiger partial charge in [-0.25, -0.2) is 4.98 Å². The Morgan fingerprint density at radius 1 is 1.12 bits per heavy atom. The average molecular weight is 545 g/mol. The van der Waals surface area contributed by atoms with E-state index in [9.17, 15) is 4.79 Å². The molecule has 0 aromatic carbocycles. The molecule has 0 radical (unpaired) electrons. The monoisotopic (exact) mass is 544 g/mol. The first-order chi connectivity index (χ1) is 19.2. The second-order valence-electron chi connectivity index (χ2n) is 12.1. The van der Waals surface area contributed by atoms with Crippen molar-refractivity contribution in [3.05, 3.63) is 82.6 Å². The van der Waals surface area contributed by atoms with Crippen LogP contribution in [0.1, 0.15) is 124 Å². The maximum Gasteiger partial charge on any atom is 0.258 e. The van der Waals surface area contributed by atoms with Crippen molar-refractivity contribution in [2.75, 3.05) is 0 Å². The van der Waals surface area contributed by atoms with Gasteiger partial charge in [-0.1, -0.05) is 92.2 Å². The van der Waals surface area contributed by atoms with Crippen molar-refractivity contribution >= 4 is 11.2 Å². The van der Waals surface area contributed by atoms with Crippen LogP contribution in [0.5, 0.6) is 0 Å². The lowest BCUT2D eigenvalue weighted by atomic mass is 9.88. The molecular weight excluding hydrogens is 492 g/mol. The van der Waals surface area contributed by atoms with E-state index in [1.807, 2.05) is 29.4 Å². The average Bonchev–Trinajstić information content (AvgIpc) is 2.94. The zero-order valence-corrected chi connectivity index (χ0v) is 26.1. The molecule has 1 saturated carbocycles. The lowest BCUT2D eigenvalue weighted by molar-refractivity contribution is 0.346. The van der Waals surface area contributed by atoms with E-state index in [1.54, 1.807) is 16.7 Å². The minimum absolute atomic E-state index is 0.0811. The summed E-state index contributed by atoms with van der Waals surface area (Å²) in [5, 5.41) is 0. The maximum atomic E-state index is 13.1. The van der Waals surface area contributed by atoms with Crippen LogP contribution in [0, 0.1) is 17.8 Å². The third-order valence-corrected chi connectivity index (χ3v) is 8.82. The van der Waals surface area contributed by atoms with Gasteiger partial charge in [0, 0.05) is 41.9 Å². The molecule has 5 heteroatoms. The molecule has 40 heavy (non-hydrogen) atoms. The Kier molecular flexibility index (Phi) is 12.0. The SMILES string of the molecule is C=C1C=CC(c2cc(=O)n3cc(C(CCC)CCC(C)CC)ncc3n2)=CN1/C=C(/C)C(C)CC.CC1CCC1. The molecule has 1 aliphatic heterocycles. The highest BCUT2D eigenvalue weighted by Crippen LogP contribution is 2.28. The van der Waals surface area contributed by atoms with Crippen LogP contribution in [0.25, 0.3) is 11.2 Å². The number of hydrogen-bond donors (Lipinski definition) is 0. The first kappa shape index (κ1) is 31.6. The molecule has 2 aromatic heterocycles. The van der Waals surface area contributed by atoms with Gasteiger partial charge in [-0.2, -0.15) is 0 Å². The molecule has 5 nitrogen and oxygen atoms in total. The van der Waals surface area contributed by atoms with Gasteiger partial charge in [0.05, 0.1) is 17.6 Å². The largest absolute Gasteiger partial charge is 0.324 e. The summed E-state index contributed by atoms with van der Waals surface area (Å²) < 4.78 is 1.65. The molecule has 3 heterocycles. The molecular formula is C35H52N4O. The fourth-order valence-corrected chi connectivity index (χ4v) is 4.97. The van der Waals surface area contributed by atoms with Crippen molar-refractivity contribution in [1.29, 1.82) is 0 Å². The van der Waals surface area contributed by atoms with E-state index in [1.165, 1.54) is 37.7 Å². The van der Waals surface area contributed by atoms with Gasteiger partial charge in [-0.3, -0.25) is 14.2 Å². The highest BCUT2D eigenvalue weighted by molar-refractivity contribution is 5.74. The minimum Gasteiger partial charge on any atom is -0.324 e. The summed E-state index contributed by atoms with van der Waals surface area (Å²) in [6.45, 7) is 19.8. The lowest BCUT2D eigenvalue weighted by Crippen LogP contribution is -2.18. The van der Waals surface area contributed by atoms with E-state index < -0.39 is 0 Å². The van der Waals surface area contributed by atoms with Crippen LogP contribution in [-0.2, 0) is 0 Å². The number of aromatic nitrogens is 3.